The molecule has 2 aliphatic rings. The van der Waals surface area contributed by atoms with Crippen molar-refractivity contribution < 1.29 is 4.74 Å². The van der Waals surface area contributed by atoms with Gasteiger partial charge in [-0.15, -0.1) is 12.4 Å². The molecular formula is C12H25ClN2O. The summed E-state index contributed by atoms with van der Waals surface area (Å²) >= 11 is 0. The molecule has 0 aliphatic carbocycles. The topological polar surface area (TPSA) is 24.5 Å². The minimum Gasteiger partial charge on any atom is -0.363 e. The van der Waals surface area contributed by atoms with E-state index in [0.29, 0.717) is 12.1 Å². The van der Waals surface area contributed by atoms with Crippen LogP contribution in [0.3, 0.4) is 0 Å². The number of hydrogen-bond donors (Lipinski definition) is 1. The Morgan fingerprint density at radius 1 is 1.44 bits per heavy atom. The van der Waals surface area contributed by atoms with Crippen molar-refractivity contribution in [2.45, 2.75) is 32.9 Å². The van der Waals surface area contributed by atoms with Gasteiger partial charge in [0.05, 0.1) is 6.61 Å². The van der Waals surface area contributed by atoms with Crippen molar-refractivity contribution >= 4 is 12.4 Å². The molecule has 0 aromatic rings. The first kappa shape index (κ1) is 14.2. The number of nitrogens with zero attached hydrogens (tertiary/aromatic N) is 1. The molecule has 2 saturated heterocycles. The van der Waals surface area contributed by atoms with E-state index < -0.39 is 0 Å². The van der Waals surface area contributed by atoms with Crippen LogP contribution in [-0.4, -0.2) is 43.9 Å². The summed E-state index contributed by atoms with van der Waals surface area (Å²) in [4.78, 5) is 2.54. The van der Waals surface area contributed by atoms with Crippen molar-refractivity contribution in [3.63, 3.8) is 0 Å². The Morgan fingerprint density at radius 3 is 2.81 bits per heavy atom. The monoisotopic (exact) mass is 248 g/mol. The van der Waals surface area contributed by atoms with E-state index in [0.717, 1.165) is 19.1 Å². The van der Waals surface area contributed by atoms with Gasteiger partial charge in [-0.3, -0.25) is 5.32 Å². The van der Waals surface area contributed by atoms with Crippen molar-refractivity contribution in [1.29, 1.82) is 0 Å². The molecular weight excluding hydrogens is 224 g/mol. The Kier molecular flexibility index (Phi) is 6.05. The number of rotatable bonds is 3. The molecule has 0 saturated carbocycles. The lowest BCUT2D eigenvalue weighted by molar-refractivity contribution is -0.0352. The van der Waals surface area contributed by atoms with Crippen LogP contribution in [0.15, 0.2) is 0 Å². The standard InChI is InChI=1S/C12H24N2O.ClH/c1-3-14-5-4-11(8-14)6-12-13-7-10(2)9-15-12;/h10-13H,3-9H2,1-2H3;1H. The van der Waals surface area contributed by atoms with Crippen LogP contribution in [-0.2, 0) is 4.74 Å². The lowest BCUT2D eigenvalue weighted by atomic mass is 10.0. The summed E-state index contributed by atoms with van der Waals surface area (Å²) in [5.74, 6) is 1.52. The molecule has 0 aromatic carbocycles. The highest BCUT2D eigenvalue weighted by molar-refractivity contribution is 5.85. The third-order valence-corrected chi connectivity index (χ3v) is 3.64. The Morgan fingerprint density at radius 2 is 2.25 bits per heavy atom. The Balaban J connectivity index is 0.00000128. The third kappa shape index (κ3) is 3.88. The quantitative estimate of drug-likeness (QED) is 0.823. The van der Waals surface area contributed by atoms with E-state index in [2.05, 4.69) is 24.1 Å². The van der Waals surface area contributed by atoms with Crippen molar-refractivity contribution in [1.82, 2.24) is 10.2 Å². The average Bonchev–Trinajstić information content (AvgIpc) is 2.69. The molecule has 0 radical (unpaired) electrons. The van der Waals surface area contributed by atoms with Gasteiger partial charge in [-0.1, -0.05) is 13.8 Å². The van der Waals surface area contributed by atoms with Crippen LogP contribution in [0.2, 0.25) is 0 Å². The zero-order chi connectivity index (χ0) is 10.7. The van der Waals surface area contributed by atoms with Crippen molar-refractivity contribution in [3.05, 3.63) is 0 Å². The zero-order valence-corrected chi connectivity index (χ0v) is 11.3. The number of likely N-dealkylation sites (tertiary alicyclic amines) is 1. The summed E-state index contributed by atoms with van der Waals surface area (Å²) in [6, 6.07) is 0. The predicted octanol–water partition coefficient (Wildman–Crippen LogP) is 1.72. The van der Waals surface area contributed by atoms with Gasteiger partial charge in [-0.2, -0.15) is 0 Å². The Labute approximate surface area is 105 Å². The smallest absolute Gasteiger partial charge is 0.108 e. The minimum atomic E-state index is 0. The lowest BCUT2D eigenvalue weighted by Crippen LogP contribution is -2.43. The van der Waals surface area contributed by atoms with Crippen LogP contribution >= 0.6 is 12.4 Å². The van der Waals surface area contributed by atoms with E-state index in [-0.39, 0.29) is 12.4 Å². The van der Waals surface area contributed by atoms with E-state index in [9.17, 15) is 0 Å². The predicted molar refractivity (Wildman–Crippen MR) is 69.0 cm³/mol. The molecule has 0 amide bonds. The fourth-order valence-electron chi connectivity index (χ4n) is 2.58. The fourth-order valence-corrected chi connectivity index (χ4v) is 2.58. The number of ether oxygens (including phenoxy) is 1. The van der Waals surface area contributed by atoms with E-state index in [4.69, 9.17) is 4.74 Å². The number of nitrogens with one attached hydrogen (secondary N) is 1. The first-order chi connectivity index (χ1) is 7.28. The molecule has 2 fully saturated rings. The summed E-state index contributed by atoms with van der Waals surface area (Å²) in [5, 5.41) is 3.49. The largest absolute Gasteiger partial charge is 0.363 e. The number of halogens is 1. The maximum Gasteiger partial charge on any atom is 0.108 e. The van der Waals surface area contributed by atoms with Crippen molar-refractivity contribution in [3.8, 4) is 0 Å². The lowest BCUT2D eigenvalue weighted by Gasteiger charge is -2.30. The third-order valence-electron chi connectivity index (χ3n) is 3.64. The molecule has 0 bridgehead atoms. The molecule has 96 valence electrons. The van der Waals surface area contributed by atoms with Gasteiger partial charge in [-0.25, -0.2) is 0 Å². The van der Waals surface area contributed by atoms with Crippen LogP contribution in [0, 0.1) is 11.8 Å². The molecule has 3 atom stereocenters. The van der Waals surface area contributed by atoms with E-state index in [1.54, 1.807) is 0 Å². The maximum atomic E-state index is 5.79. The molecule has 2 aliphatic heterocycles. The second-order valence-electron chi connectivity index (χ2n) is 5.12. The van der Waals surface area contributed by atoms with Crippen LogP contribution in [0.25, 0.3) is 0 Å². The first-order valence-corrected chi connectivity index (χ1v) is 6.35. The van der Waals surface area contributed by atoms with Crippen molar-refractivity contribution in [2.75, 3.05) is 32.8 Å². The summed E-state index contributed by atoms with van der Waals surface area (Å²) in [6.45, 7) is 10.3. The van der Waals surface area contributed by atoms with Gasteiger partial charge in [0.15, 0.2) is 0 Å². The Bertz CT molecular complexity index is 195. The second-order valence-corrected chi connectivity index (χ2v) is 5.12. The van der Waals surface area contributed by atoms with Gasteiger partial charge in [0.1, 0.15) is 6.23 Å². The normalized spacial score (nSPS) is 36.0. The first-order valence-electron chi connectivity index (χ1n) is 6.35. The SMILES string of the molecule is CCN1CCC(CC2NCC(C)CO2)C1.Cl. The fraction of sp³-hybridized carbons (Fsp3) is 1.00. The van der Waals surface area contributed by atoms with Gasteiger partial charge < -0.3 is 9.64 Å². The summed E-state index contributed by atoms with van der Waals surface area (Å²) in [6.07, 6.45) is 2.87. The summed E-state index contributed by atoms with van der Waals surface area (Å²) < 4.78 is 5.79. The summed E-state index contributed by atoms with van der Waals surface area (Å²) in [5.41, 5.74) is 0. The molecule has 1 N–H and O–H groups in total. The molecule has 16 heavy (non-hydrogen) atoms. The highest BCUT2D eigenvalue weighted by Gasteiger charge is 2.26. The molecule has 2 rings (SSSR count). The number of hydrogen-bond acceptors (Lipinski definition) is 3. The van der Waals surface area contributed by atoms with Gasteiger partial charge in [-0.05, 0) is 37.8 Å². The van der Waals surface area contributed by atoms with Crippen LogP contribution in [0.4, 0.5) is 0 Å². The highest BCUT2D eigenvalue weighted by Crippen LogP contribution is 2.22. The van der Waals surface area contributed by atoms with Crippen LogP contribution in [0.1, 0.15) is 26.7 Å². The zero-order valence-electron chi connectivity index (χ0n) is 10.4. The Hall–Kier alpha value is 0.170. The molecule has 3 unspecified atom stereocenters. The molecule has 3 nitrogen and oxygen atoms in total. The van der Waals surface area contributed by atoms with Gasteiger partial charge in [0.25, 0.3) is 0 Å². The van der Waals surface area contributed by atoms with Gasteiger partial charge >= 0.3 is 0 Å². The van der Waals surface area contributed by atoms with E-state index >= 15 is 0 Å². The van der Waals surface area contributed by atoms with Gasteiger partial charge in [0, 0.05) is 13.1 Å². The van der Waals surface area contributed by atoms with Crippen LogP contribution in [0.5, 0.6) is 0 Å². The van der Waals surface area contributed by atoms with Crippen LogP contribution < -0.4 is 5.32 Å². The maximum absolute atomic E-state index is 5.79. The van der Waals surface area contributed by atoms with E-state index in [1.165, 1.54) is 32.5 Å². The molecule has 0 aromatic heterocycles. The average molecular weight is 249 g/mol. The van der Waals surface area contributed by atoms with Gasteiger partial charge in [0.2, 0.25) is 0 Å². The van der Waals surface area contributed by atoms with Crippen molar-refractivity contribution in [2.24, 2.45) is 11.8 Å². The highest BCUT2D eigenvalue weighted by atomic mass is 35.5. The second kappa shape index (κ2) is 6.80. The summed E-state index contributed by atoms with van der Waals surface area (Å²) in [7, 11) is 0. The molecule has 4 heteroatoms. The molecule has 2 heterocycles. The molecule has 0 spiro atoms. The minimum absolute atomic E-state index is 0. The van der Waals surface area contributed by atoms with E-state index in [1.807, 2.05) is 0 Å².